The molecule has 3 aromatic carbocycles. The molecule has 1 N–H and O–H groups in total. The molecule has 1 amide bonds. The van der Waals surface area contributed by atoms with E-state index < -0.39 is 15.9 Å². The maximum absolute atomic E-state index is 13.3. The first kappa shape index (κ1) is 22.2. The van der Waals surface area contributed by atoms with Gasteiger partial charge in [-0.2, -0.15) is 0 Å². The lowest BCUT2D eigenvalue weighted by Gasteiger charge is -2.24. The largest absolute Gasteiger partial charge is 0.324 e. The van der Waals surface area contributed by atoms with Crippen LogP contribution in [0.5, 0.6) is 0 Å². The molecular weight excluding hydrogens is 440 g/mol. The highest BCUT2D eigenvalue weighted by molar-refractivity contribution is 7.98. The number of benzene rings is 3. The summed E-state index contributed by atoms with van der Waals surface area (Å²) in [7, 11) is -3.97. The van der Waals surface area contributed by atoms with Crippen LogP contribution in [0.15, 0.2) is 82.6 Å². The third kappa shape index (κ3) is 5.36. The second-order valence-corrected chi connectivity index (χ2v) is 9.76. The van der Waals surface area contributed by atoms with Crippen molar-refractivity contribution in [2.45, 2.75) is 16.7 Å². The van der Waals surface area contributed by atoms with Gasteiger partial charge in [-0.05, 0) is 67.8 Å². The molecule has 0 spiro atoms. The third-order valence-corrected chi connectivity index (χ3v) is 7.13. The van der Waals surface area contributed by atoms with E-state index in [1.807, 2.05) is 31.4 Å². The molecule has 0 fully saturated rings. The highest BCUT2D eigenvalue weighted by atomic mass is 35.5. The molecule has 0 aromatic heterocycles. The van der Waals surface area contributed by atoms with Gasteiger partial charge in [0.25, 0.3) is 10.0 Å². The van der Waals surface area contributed by atoms with Gasteiger partial charge in [0.15, 0.2) is 0 Å². The highest BCUT2D eigenvalue weighted by Crippen LogP contribution is 2.25. The zero-order valence-electron chi connectivity index (χ0n) is 16.5. The van der Waals surface area contributed by atoms with Gasteiger partial charge in [-0.15, -0.1) is 11.8 Å². The first-order chi connectivity index (χ1) is 14.3. The molecular formula is C22H21ClN2O3S2. The summed E-state index contributed by atoms with van der Waals surface area (Å²) >= 11 is 7.46. The third-order valence-electron chi connectivity index (χ3n) is 4.36. The number of thioether (sulfide) groups is 1. The van der Waals surface area contributed by atoms with Crippen molar-refractivity contribution in [3.05, 3.63) is 83.4 Å². The second-order valence-electron chi connectivity index (χ2n) is 6.58. The summed E-state index contributed by atoms with van der Waals surface area (Å²) in [5.74, 6) is -0.439. The molecule has 3 rings (SSSR count). The number of aryl methyl sites for hydroxylation is 1. The van der Waals surface area contributed by atoms with Gasteiger partial charge >= 0.3 is 0 Å². The van der Waals surface area contributed by atoms with E-state index in [9.17, 15) is 13.2 Å². The van der Waals surface area contributed by atoms with Crippen LogP contribution >= 0.6 is 23.4 Å². The Kier molecular flexibility index (Phi) is 7.07. The van der Waals surface area contributed by atoms with Gasteiger partial charge in [0.05, 0.1) is 10.6 Å². The van der Waals surface area contributed by atoms with Gasteiger partial charge < -0.3 is 5.32 Å². The predicted octanol–water partition coefficient (Wildman–Crippen LogP) is 5.20. The Labute approximate surface area is 186 Å². The molecule has 0 heterocycles. The van der Waals surface area contributed by atoms with Crippen LogP contribution in [-0.2, 0) is 14.8 Å². The molecule has 156 valence electrons. The molecule has 0 unspecified atom stereocenters. The summed E-state index contributed by atoms with van der Waals surface area (Å²) in [6, 6.07) is 20.2. The minimum atomic E-state index is -3.97. The van der Waals surface area contributed by atoms with E-state index in [0.29, 0.717) is 16.4 Å². The molecule has 0 radical (unpaired) electrons. The van der Waals surface area contributed by atoms with Crippen LogP contribution in [0.4, 0.5) is 11.4 Å². The van der Waals surface area contributed by atoms with Gasteiger partial charge in [-0.3, -0.25) is 9.10 Å². The molecule has 0 saturated carbocycles. The number of rotatable bonds is 7. The Hall–Kier alpha value is -2.48. The number of nitrogens with zero attached hydrogens (tertiary/aromatic N) is 1. The van der Waals surface area contributed by atoms with Crippen molar-refractivity contribution in [2.24, 2.45) is 0 Å². The maximum Gasteiger partial charge on any atom is 0.264 e. The average Bonchev–Trinajstić information content (AvgIpc) is 2.73. The van der Waals surface area contributed by atoms with Crippen molar-refractivity contribution in [2.75, 3.05) is 22.4 Å². The van der Waals surface area contributed by atoms with Crippen LogP contribution in [0.1, 0.15) is 5.56 Å². The lowest BCUT2D eigenvalue weighted by molar-refractivity contribution is -0.114. The van der Waals surface area contributed by atoms with Crippen molar-refractivity contribution in [1.82, 2.24) is 0 Å². The van der Waals surface area contributed by atoms with Crippen molar-refractivity contribution in [3.8, 4) is 0 Å². The Morgan fingerprint density at radius 1 is 1.03 bits per heavy atom. The number of hydrogen-bond acceptors (Lipinski definition) is 4. The van der Waals surface area contributed by atoms with E-state index >= 15 is 0 Å². The zero-order valence-corrected chi connectivity index (χ0v) is 18.9. The van der Waals surface area contributed by atoms with Crippen LogP contribution in [0.2, 0.25) is 5.02 Å². The normalized spacial score (nSPS) is 11.2. The summed E-state index contributed by atoms with van der Waals surface area (Å²) in [6.45, 7) is 1.55. The summed E-state index contributed by atoms with van der Waals surface area (Å²) < 4.78 is 27.7. The highest BCUT2D eigenvalue weighted by Gasteiger charge is 2.27. The van der Waals surface area contributed by atoms with E-state index in [2.05, 4.69) is 5.32 Å². The standard InChI is InChI=1S/C22H21ClN2O3S2/c1-16-6-10-19(11-7-16)25(30(27,28)21-12-8-17(23)9-13-21)15-22(26)24-18-4-3-5-20(14-18)29-2/h3-14H,15H2,1-2H3,(H,24,26). The monoisotopic (exact) mass is 460 g/mol. The summed E-state index contributed by atoms with van der Waals surface area (Å²) in [5.41, 5.74) is 2.00. The number of amides is 1. The summed E-state index contributed by atoms with van der Waals surface area (Å²) in [5, 5.41) is 3.21. The first-order valence-electron chi connectivity index (χ1n) is 9.08. The van der Waals surface area contributed by atoms with Crippen molar-refractivity contribution >= 4 is 50.7 Å². The fourth-order valence-corrected chi connectivity index (χ4v) is 4.80. The molecule has 0 saturated heterocycles. The molecule has 5 nitrogen and oxygen atoms in total. The van der Waals surface area contributed by atoms with Gasteiger partial charge in [0, 0.05) is 15.6 Å². The lowest BCUT2D eigenvalue weighted by atomic mass is 10.2. The van der Waals surface area contributed by atoms with Crippen molar-refractivity contribution < 1.29 is 13.2 Å². The van der Waals surface area contributed by atoms with Gasteiger partial charge in [0.2, 0.25) is 5.91 Å². The number of nitrogens with one attached hydrogen (secondary N) is 1. The van der Waals surface area contributed by atoms with Crippen LogP contribution in [0.25, 0.3) is 0 Å². The Balaban J connectivity index is 1.92. The molecule has 0 bridgehead atoms. The SMILES string of the molecule is CSc1cccc(NC(=O)CN(c2ccc(C)cc2)S(=O)(=O)c2ccc(Cl)cc2)c1. The molecule has 0 aliphatic heterocycles. The fourth-order valence-electron chi connectivity index (χ4n) is 2.79. The number of hydrogen-bond donors (Lipinski definition) is 1. The number of carbonyl (C=O) groups is 1. The molecule has 8 heteroatoms. The van der Waals surface area contributed by atoms with Crippen LogP contribution in [0, 0.1) is 6.92 Å². The van der Waals surface area contributed by atoms with Crippen molar-refractivity contribution in [1.29, 1.82) is 0 Å². The Morgan fingerprint density at radius 2 is 1.70 bits per heavy atom. The van der Waals surface area contributed by atoms with E-state index in [0.717, 1.165) is 14.8 Å². The Morgan fingerprint density at radius 3 is 2.33 bits per heavy atom. The second kappa shape index (κ2) is 9.55. The quantitative estimate of drug-likeness (QED) is 0.492. The van der Waals surface area contributed by atoms with Gasteiger partial charge in [-0.1, -0.05) is 35.4 Å². The number of halogens is 1. The predicted molar refractivity (Wildman–Crippen MR) is 124 cm³/mol. The van der Waals surface area contributed by atoms with E-state index in [1.54, 1.807) is 42.1 Å². The van der Waals surface area contributed by atoms with E-state index in [1.165, 1.54) is 24.3 Å². The van der Waals surface area contributed by atoms with E-state index in [4.69, 9.17) is 11.6 Å². The molecule has 0 aliphatic carbocycles. The first-order valence-corrected chi connectivity index (χ1v) is 12.1. The average molecular weight is 461 g/mol. The van der Waals surface area contributed by atoms with Crippen LogP contribution in [-0.4, -0.2) is 27.1 Å². The molecule has 0 aliphatic rings. The molecule has 3 aromatic rings. The minimum absolute atomic E-state index is 0.0599. The zero-order chi connectivity index (χ0) is 21.7. The Bertz CT molecular complexity index is 1130. The van der Waals surface area contributed by atoms with Crippen molar-refractivity contribution in [3.63, 3.8) is 0 Å². The molecule has 0 atom stereocenters. The maximum atomic E-state index is 13.3. The van der Waals surface area contributed by atoms with Crippen LogP contribution < -0.4 is 9.62 Å². The number of anilines is 2. The molecule has 30 heavy (non-hydrogen) atoms. The topological polar surface area (TPSA) is 66.5 Å². The summed E-state index contributed by atoms with van der Waals surface area (Å²) in [4.78, 5) is 13.8. The van der Waals surface area contributed by atoms with Gasteiger partial charge in [-0.25, -0.2) is 8.42 Å². The summed E-state index contributed by atoms with van der Waals surface area (Å²) in [6.07, 6.45) is 1.94. The number of sulfonamides is 1. The minimum Gasteiger partial charge on any atom is -0.324 e. The smallest absolute Gasteiger partial charge is 0.264 e. The number of carbonyl (C=O) groups excluding carboxylic acids is 1. The van der Waals surface area contributed by atoms with Gasteiger partial charge in [0.1, 0.15) is 6.54 Å². The van der Waals surface area contributed by atoms with E-state index in [-0.39, 0.29) is 11.4 Å². The lowest BCUT2D eigenvalue weighted by Crippen LogP contribution is -2.38. The van der Waals surface area contributed by atoms with Crippen LogP contribution in [0.3, 0.4) is 0 Å². The fraction of sp³-hybridized carbons (Fsp3) is 0.136.